The Balaban J connectivity index is 1.80. The molecule has 100 valence electrons. The van der Waals surface area contributed by atoms with E-state index in [0.29, 0.717) is 5.13 Å². The van der Waals surface area contributed by atoms with Crippen molar-refractivity contribution >= 4 is 32.9 Å². The zero-order valence-corrected chi connectivity index (χ0v) is 11.0. The van der Waals surface area contributed by atoms with Crippen LogP contribution in [0.3, 0.4) is 0 Å². The molecule has 0 aliphatic carbocycles. The maximum atomic E-state index is 13.4. The Kier molecular flexibility index (Phi) is 3.39. The normalized spacial score (nSPS) is 11.3. The molecule has 3 nitrogen and oxygen atoms in total. The number of anilines is 1. The molecule has 0 amide bonds. The van der Waals surface area contributed by atoms with Crippen molar-refractivity contribution in [2.45, 2.75) is 0 Å². The van der Waals surface area contributed by atoms with Gasteiger partial charge >= 0.3 is 0 Å². The summed E-state index contributed by atoms with van der Waals surface area (Å²) in [6.45, 7) is 0. The Morgan fingerprint density at radius 3 is 2.55 bits per heavy atom. The molecule has 0 spiro atoms. The lowest BCUT2D eigenvalue weighted by molar-refractivity contribution is 0.580. The molecule has 2 aromatic carbocycles. The van der Waals surface area contributed by atoms with Crippen LogP contribution >= 0.6 is 11.3 Å². The highest BCUT2D eigenvalue weighted by atomic mass is 32.1. The fraction of sp³-hybridized carbons (Fsp3) is 0. The summed E-state index contributed by atoms with van der Waals surface area (Å²) in [7, 11) is 0. The Bertz CT molecular complexity index is 730. The molecule has 0 fully saturated rings. The summed E-state index contributed by atoms with van der Waals surface area (Å²) in [5.74, 6) is -1.31. The van der Waals surface area contributed by atoms with Crippen molar-refractivity contribution < 1.29 is 8.78 Å². The number of benzene rings is 2. The second-order valence-electron chi connectivity index (χ2n) is 3.99. The number of rotatable bonds is 3. The number of fused-ring (bicyclic) bond motifs is 1. The van der Waals surface area contributed by atoms with Crippen molar-refractivity contribution in [3.05, 3.63) is 59.7 Å². The molecule has 0 saturated heterocycles. The quantitative estimate of drug-likeness (QED) is 0.584. The minimum absolute atomic E-state index is 0.180. The predicted molar refractivity (Wildman–Crippen MR) is 77.2 cm³/mol. The largest absolute Gasteiger partial charge is 0.253 e. The summed E-state index contributed by atoms with van der Waals surface area (Å²) in [6, 6.07) is 11.3. The standard InChI is InChI=1S/C14H9F2N3S/c15-10-4-3-5-11(16)9(10)8-17-19-14-18-12-6-1-2-7-13(12)20-14/h1-8H,(H,18,19)/b17-8+. The summed E-state index contributed by atoms with van der Waals surface area (Å²) in [5.41, 5.74) is 3.35. The van der Waals surface area contributed by atoms with Crippen LogP contribution in [0.4, 0.5) is 13.9 Å². The highest BCUT2D eigenvalue weighted by molar-refractivity contribution is 7.22. The molecule has 6 heteroatoms. The van der Waals surface area contributed by atoms with Crippen molar-refractivity contribution in [1.82, 2.24) is 4.98 Å². The van der Waals surface area contributed by atoms with Gasteiger partial charge in [-0.25, -0.2) is 13.8 Å². The van der Waals surface area contributed by atoms with Gasteiger partial charge in [-0.1, -0.05) is 29.5 Å². The van der Waals surface area contributed by atoms with Gasteiger partial charge in [-0.15, -0.1) is 0 Å². The minimum Gasteiger partial charge on any atom is -0.253 e. The smallest absolute Gasteiger partial charge is 0.204 e. The summed E-state index contributed by atoms with van der Waals surface area (Å²) >= 11 is 1.42. The van der Waals surface area contributed by atoms with Gasteiger partial charge in [-0.3, -0.25) is 5.43 Å². The molecule has 3 aromatic rings. The lowest BCUT2D eigenvalue weighted by atomic mass is 10.2. The van der Waals surface area contributed by atoms with E-state index < -0.39 is 11.6 Å². The second kappa shape index (κ2) is 5.34. The molecule has 1 aromatic heterocycles. The molecule has 0 bridgehead atoms. The molecule has 0 saturated carbocycles. The van der Waals surface area contributed by atoms with Crippen LogP contribution in [-0.2, 0) is 0 Å². The van der Waals surface area contributed by atoms with Gasteiger partial charge in [0.2, 0.25) is 5.13 Å². The summed E-state index contributed by atoms with van der Waals surface area (Å²) in [4.78, 5) is 4.29. The number of aromatic nitrogens is 1. The van der Waals surface area contributed by atoms with E-state index in [9.17, 15) is 8.78 Å². The first-order chi connectivity index (χ1) is 9.74. The van der Waals surface area contributed by atoms with Gasteiger partial charge in [0.05, 0.1) is 22.0 Å². The first kappa shape index (κ1) is 12.7. The van der Waals surface area contributed by atoms with Crippen molar-refractivity contribution in [3.8, 4) is 0 Å². The molecule has 1 N–H and O–H groups in total. The Hall–Kier alpha value is -2.34. The van der Waals surface area contributed by atoms with Crippen LogP contribution in [0, 0.1) is 11.6 Å². The monoisotopic (exact) mass is 289 g/mol. The highest BCUT2D eigenvalue weighted by Gasteiger charge is 2.05. The van der Waals surface area contributed by atoms with E-state index in [1.165, 1.54) is 29.5 Å². The van der Waals surface area contributed by atoms with E-state index in [-0.39, 0.29) is 5.56 Å². The van der Waals surface area contributed by atoms with Crippen molar-refractivity contribution in [3.63, 3.8) is 0 Å². The molecule has 0 unspecified atom stereocenters. The number of nitrogens with zero attached hydrogens (tertiary/aromatic N) is 2. The highest BCUT2D eigenvalue weighted by Crippen LogP contribution is 2.25. The lowest BCUT2D eigenvalue weighted by Crippen LogP contribution is -1.96. The Morgan fingerprint density at radius 2 is 1.80 bits per heavy atom. The van der Waals surface area contributed by atoms with Gasteiger partial charge in [0, 0.05) is 0 Å². The summed E-state index contributed by atoms with van der Waals surface area (Å²) in [6.07, 6.45) is 1.11. The molecule has 0 aliphatic heterocycles. The lowest BCUT2D eigenvalue weighted by Gasteiger charge is -1.97. The molecular formula is C14H9F2N3S. The molecule has 0 radical (unpaired) electrons. The third kappa shape index (κ3) is 2.50. The second-order valence-corrected chi connectivity index (χ2v) is 5.02. The average Bonchev–Trinajstić information content (AvgIpc) is 2.84. The molecular weight excluding hydrogens is 280 g/mol. The molecule has 3 rings (SSSR count). The molecule has 20 heavy (non-hydrogen) atoms. The topological polar surface area (TPSA) is 37.3 Å². The minimum atomic E-state index is -0.653. The van der Waals surface area contributed by atoms with Gasteiger partial charge in [0.1, 0.15) is 11.6 Å². The van der Waals surface area contributed by atoms with Crippen LogP contribution in [0.1, 0.15) is 5.56 Å². The van der Waals surface area contributed by atoms with Gasteiger partial charge < -0.3 is 0 Å². The van der Waals surface area contributed by atoms with Crippen LogP contribution < -0.4 is 5.43 Å². The van der Waals surface area contributed by atoms with Crippen molar-refractivity contribution in [2.24, 2.45) is 5.10 Å². The summed E-state index contributed by atoms with van der Waals surface area (Å²) < 4.78 is 27.8. The van der Waals surface area contributed by atoms with Gasteiger partial charge in [-0.05, 0) is 24.3 Å². The number of nitrogens with one attached hydrogen (secondary N) is 1. The number of thiazole rings is 1. The van der Waals surface area contributed by atoms with Gasteiger partial charge in [-0.2, -0.15) is 5.10 Å². The number of hydrazone groups is 1. The van der Waals surface area contributed by atoms with Crippen LogP contribution in [0.2, 0.25) is 0 Å². The molecule has 0 atom stereocenters. The fourth-order valence-electron chi connectivity index (χ4n) is 1.71. The third-order valence-corrected chi connectivity index (χ3v) is 3.59. The van der Waals surface area contributed by atoms with Crippen LogP contribution in [0.5, 0.6) is 0 Å². The van der Waals surface area contributed by atoms with Crippen LogP contribution in [0.25, 0.3) is 10.2 Å². The number of hydrogen-bond acceptors (Lipinski definition) is 4. The van der Waals surface area contributed by atoms with Crippen molar-refractivity contribution in [2.75, 3.05) is 5.43 Å². The van der Waals surface area contributed by atoms with Crippen LogP contribution in [0.15, 0.2) is 47.6 Å². The fourth-order valence-corrected chi connectivity index (χ4v) is 2.52. The van der Waals surface area contributed by atoms with Crippen LogP contribution in [-0.4, -0.2) is 11.2 Å². The Morgan fingerprint density at radius 1 is 1.05 bits per heavy atom. The van der Waals surface area contributed by atoms with Crippen molar-refractivity contribution in [1.29, 1.82) is 0 Å². The maximum absolute atomic E-state index is 13.4. The average molecular weight is 289 g/mol. The van der Waals surface area contributed by atoms with E-state index in [4.69, 9.17) is 0 Å². The number of hydrogen-bond donors (Lipinski definition) is 1. The predicted octanol–water partition coefficient (Wildman–Crippen LogP) is 4.02. The SMILES string of the molecule is Fc1cccc(F)c1/C=N/Nc1nc2ccccc2s1. The molecule has 1 heterocycles. The Labute approximate surface area is 117 Å². The zero-order valence-electron chi connectivity index (χ0n) is 10.2. The third-order valence-electron chi connectivity index (χ3n) is 2.65. The van der Waals surface area contributed by atoms with E-state index in [1.54, 1.807) is 0 Å². The maximum Gasteiger partial charge on any atom is 0.204 e. The van der Waals surface area contributed by atoms with E-state index >= 15 is 0 Å². The van der Waals surface area contributed by atoms with E-state index in [2.05, 4.69) is 15.5 Å². The first-order valence-electron chi connectivity index (χ1n) is 5.83. The van der Waals surface area contributed by atoms with E-state index in [1.807, 2.05) is 24.3 Å². The first-order valence-corrected chi connectivity index (χ1v) is 6.64. The van der Waals surface area contributed by atoms with Gasteiger partial charge in [0.25, 0.3) is 0 Å². The molecule has 0 aliphatic rings. The number of para-hydroxylation sites is 1. The number of halogens is 2. The van der Waals surface area contributed by atoms with E-state index in [0.717, 1.165) is 16.4 Å². The zero-order chi connectivity index (χ0) is 13.9. The summed E-state index contributed by atoms with van der Waals surface area (Å²) in [5, 5.41) is 4.39. The van der Waals surface area contributed by atoms with Gasteiger partial charge in [0.15, 0.2) is 0 Å².